The van der Waals surface area contributed by atoms with Crippen molar-refractivity contribution in [2.45, 2.75) is 25.3 Å². The molecule has 0 unspecified atom stereocenters. The van der Waals surface area contributed by atoms with Crippen molar-refractivity contribution in [1.29, 1.82) is 0 Å². The molecule has 8 heteroatoms. The van der Waals surface area contributed by atoms with Crippen LogP contribution in [-0.2, 0) is 12.8 Å². The second kappa shape index (κ2) is 6.87. The SMILES string of the molecule is CN(C)c1ncc2c(n1)CC[C@H](NC(=O)c1cc(-c3cccs3)[nH]n1)C2. The van der Waals surface area contributed by atoms with Gasteiger partial charge in [-0.3, -0.25) is 9.89 Å². The molecular formula is C18H20N6OS. The van der Waals surface area contributed by atoms with Gasteiger partial charge in [-0.1, -0.05) is 6.07 Å². The summed E-state index contributed by atoms with van der Waals surface area (Å²) in [5.74, 6) is 0.576. The minimum atomic E-state index is -0.150. The summed E-state index contributed by atoms with van der Waals surface area (Å²) in [5, 5.41) is 12.2. The molecule has 1 amide bonds. The third-order valence-corrected chi connectivity index (χ3v) is 5.37. The average molecular weight is 368 g/mol. The molecule has 0 saturated heterocycles. The number of anilines is 1. The van der Waals surface area contributed by atoms with Crippen LogP contribution >= 0.6 is 11.3 Å². The first-order valence-electron chi connectivity index (χ1n) is 8.52. The standard InChI is InChI=1S/C18H20N6OS/c1-24(2)18-19-10-11-8-12(5-6-13(11)21-18)20-17(25)15-9-14(22-23-15)16-4-3-7-26-16/h3-4,7,9-10,12H,5-6,8H2,1-2H3,(H,20,25)(H,22,23)/t12-/m0/s1. The summed E-state index contributed by atoms with van der Waals surface area (Å²) in [6.07, 6.45) is 4.33. The number of fused-ring (bicyclic) bond motifs is 1. The summed E-state index contributed by atoms with van der Waals surface area (Å²) in [4.78, 5) is 24.5. The number of hydrogen-bond acceptors (Lipinski definition) is 6. The van der Waals surface area contributed by atoms with E-state index in [0.717, 1.165) is 47.0 Å². The summed E-state index contributed by atoms with van der Waals surface area (Å²) in [6, 6.07) is 5.85. The quantitative estimate of drug-likeness (QED) is 0.738. The lowest BCUT2D eigenvalue weighted by atomic mass is 9.93. The van der Waals surface area contributed by atoms with Gasteiger partial charge in [0.2, 0.25) is 5.95 Å². The Balaban J connectivity index is 1.43. The molecule has 2 N–H and O–H groups in total. The maximum absolute atomic E-state index is 12.5. The Bertz CT molecular complexity index is 918. The second-order valence-corrected chi connectivity index (χ2v) is 7.54. The number of nitrogens with zero attached hydrogens (tertiary/aromatic N) is 4. The molecule has 0 fully saturated rings. The van der Waals surface area contributed by atoms with Crippen molar-refractivity contribution in [2.75, 3.05) is 19.0 Å². The molecule has 7 nitrogen and oxygen atoms in total. The number of rotatable bonds is 4. The molecule has 3 aromatic heterocycles. The molecule has 4 rings (SSSR count). The largest absolute Gasteiger partial charge is 0.348 e. The van der Waals surface area contributed by atoms with Crippen LogP contribution in [0.1, 0.15) is 28.2 Å². The summed E-state index contributed by atoms with van der Waals surface area (Å²) in [7, 11) is 3.86. The van der Waals surface area contributed by atoms with Crippen molar-refractivity contribution in [3.8, 4) is 10.6 Å². The summed E-state index contributed by atoms with van der Waals surface area (Å²) in [5.41, 5.74) is 3.46. The fourth-order valence-electron chi connectivity index (χ4n) is 3.09. The molecule has 0 aliphatic heterocycles. The van der Waals surface area contributed by atoms with Crippen LogP contribution in [0.2, 0.25) is 0 Å². The average Bonchev–Trinajstić information content (AvgIpc) is 3.32. The van der Waals surface area contributed by atoms with E-state index >= 15 is 0 Å². The van der Waals surface area contributed by atoms with Crippen molar-refractivity contribution >= 4 is 23.2 Å². The van der Waals surface area contributed by atoms with Gasteiger partial charge in [0.25, 0.3) is 5.91 Å². The molecule has 3 heterocycles. The van der Waals surface area contributed by atoms with Crippen molar-refractivity contribution in [3.05, 3.63) is 46.7 Å². The summed E-state index contributed by atoms with van der Waals surface area (Å²) >= 11 is 1.61. The minimum absolute atomic E-state index is 0.0747. The van der Waals surface area contributed by atoms with E-state index in [-0.39, 0.29) is 11.9 Å². The highest BCUT2D eigenvalue weighted by Crippen LogP contribution is 2.24. The number of aromatic amines is 1. The van der Waals surface area contributed by atoms with Crippen LogP contribution in [-0.4, -0.2) is 46.2 Å². The zero-order valence-corrected chi connectivity index (χ0v) is 15.5. The van der Waals surface area contributed by atoms with Gasteiger partial charge in [-0.15, -0.1) is 11.3 Å². The van der Waals surface area contributed by atoms with Gasteiger partial charge in [0.05, 0.1) is 10.6 Å². The molecule has 1 aliphatic carbocycles. The van der Waals surface area contributed by atoms with Crippen LogP contribution in [0.25, 0.3) is 10.6 Å². The molecule has 0 saturated carbocycles. The molecule has 1 aliphatic rings. The van der Waals surface area contributed by atoms with Crippen LogP contribution in [0.15, 0.2) is 29.8 Å². The van der Waals surface area contributed by atoms with Crippen LogP contribution < -0.4 is 10.2 Å². The molecule has 134 valence electrons. The van der Waals surface area contributed by atoms with E-state index in [4.69, 9.17) is 0 Å². The van der Waals surface area contributed by atoms with E-state index in [0.29, 0.717) is 5.69 Å². The molecule has 0 radical (unpaired) electrons. The Morgan fingerprint density at radius 2 is 2.31 bits per heavy atom. The molecule has 0 bridgehead atoms. The van der Waals surface area contributed by atoms with E-state index in [2.05, 4.69) is 25.5 Å². The first-order valence-corrected chi connectivity index (χ1v) is 9.40. The topological polar surface area (TPSA) is 86.8 Å². The van der Waals surface area contributed by atoms with Crippen LogP contribution in [0, 0.1) is 0 Å². The molecular weight excluding hydrogens is 348 g/mol. The smallest absolute Gasteiger partial charge is 0.272 e. The van der Waals surface area contributed by atoms with Crippen LogP contribution in [0.3, 0.4) is 0 Å². The maximum atomic E-state index is 12.5. The Morgan fingerprint density at radius 1 is 1.42 bits per heavy atom. The fraction of sp³-hybridized carbons (Fsp3) is 0.333. The third kappa shape index (κ3) is 3.32. The van der Waals surface area contributed by atoms with E-state index in [1.54, 1.807) is 17.4 Å². The van der Waals surface area contributed by atoms with Crippen LogP contribution in [0.4, 0.5) is 5.95 Å². The molecule has 26 heavy (non-hydrogen) atoms. The van der Waals surface area contributed by atoms with Gasteiger partial charge in [0.1, 0.15) is 0 Å². The number of aryl methyl sites for hydroxylation is 1. The summed E-state index contributed by atoms with van der Waals surface area (Å²) in [6.45, 7) is 0. The highest BCUT2D eigenvalue weighted by molar-refractivity contribution is 7.13. The lowest BCUT2D eigenvalue weighted by Gasteiger charge is -2.25. The van der Waals surface area contributed by atoms with Crippen molar-refractivity contribution in [3.63, 3.8) is 0 Å². The van der Waals surface area contributed by atoms with Crippen molar-refractivity contribution < 1.29 is 4.79 Å². The third-order valence-electron chi connectivity index (χ3n) is 4.47. The van der Waals surface area contributed by atoms with E-state index < -0.39 is 0 Å². The lowest BCUT2D eigenvalue weighted by molar-refractivity contribution is 0.0928. The lowest BCUT2D eigenvalue weighted by Crippen LogP contribution is -2.39. The monoisotopic (exact) mass is 368 g/mol. The van der Waals surface area contributed by atoms with E-state index in [1.165, 1.54) is 0 Å². The highest BCUT2D eigenvalue weighted by atomic mass is 32.1. The van der Waals surface area contributed by atoms with Gasteiger partial charge in [-0.25, -0.2) is 9.97 Å². The number of nitrogens with one attached hydrogen (secondary N) is 2. The molecule has 3 aromatic rings. The minimum Gasteiger partial charge on any atom is -0.348 e. The number of thiophene rings is 1. The number of hydrogen-bond donors (Lipinski definition) is 2. The van der Waals surface area contributed by atoms with Gasteiger partial charge in [0, 0.05) is 32.0 Å². The normalized spacial score (nSPS) is 16.2. The first kappa shape index (κ1) is 16.7. The Kier molecular flexibility index (Phi) is 4.42. The van der Waals surface area contributed by atoms with Gasteiger partial charge in [0.15, 0.2) is 5.69 Å². The molecule has 0 aromatic carbocycles. The Labute approximate surface area is 155 Å². The number of carbonyl (C=O) groups excluding carboxylic acids is 1. The predicted octanol–water partition coefficient (Wildman–Crippen LogP) is 2.28. The second-order valence-electron chi connectivity index (χ2n) is 6.59. The number of amides is 1. The zero-order chi connectivity index (χ0) is 18.1. The summed E-state index contributed by atoms with van der Waals surface area (Å²) < 4.78 is 0. The predicted molar refractivity (Wildman–Crippen MR) is 102 cm³/mol. The number of aromatic nitrogens is 4. The fourth-order valence-corrected chi connectivity index (χ4v) is 3.78. The highest BCUT2D eigenvalue weighted by Gasteiger charge is 2.23. The Hall–Kier alpha value is -2.74. The van der Waals surface area contributed by atoms with Crippen LogP contribution in [0.5, 0.6) is 0 Å². The van der Waals surface area contributed by atoms with Crippen molar-refractivity contribution in [2.24, 2.45) is 0 Å². The van der Waals surface area contributed by atoms with Gasteiger partial charge < -0.3 is 10.2 Å². The van der Waals surface area contributed by atoms with E-state index in [1.807, 2.05) is 42.7 Å². The first-order chi connectivity index (χ1) is 12.6. The Morgan fingerprint density at radius 3 is 3.08 bits per heavy atom. The van der Waals surface area contributed by atoms with E-state index in [9.17, 15) is 4.79 Å². The van der Waals surface area contributed by atoms with Gasteiger partial charge in [-0.2, -0.15) is 5.10 Å². The number of H-pyrrole nitrogens is 1. The zero-order valence-electron chi connectivity index (χ0n) is 14.7. The maximum Gasteiger partial charge on any atom is 0.272 e. The van der Waals surface area contributed by atoms with Gasteiger partial charge >= 0.3 is 0 Å². The van der Waals surface area contributed by atoms with Crippen molar-refractivity contribution in [1.82, 2.24) is 25.5 Å². The number of carbonyl (C=O) groups is 1. The van der Waals surface area contributed by atoms with Gasteiger partial charge in [-0.05, 0) is 42.3 Å². The molecule has 1 atom stereocenters. The molecule has 0 spiro atoms.